The van der Waals surface area contributed by atoms with Crippen LogP contribution in [-0.2, 0) is 13.0 Å². The highest BCUT2D eigenvalue weighted by Gasteiger charge is 2.21. The van der Waals surface area contributed by atoms with Crippen LogP contribution in [0.1, 0.15) is 62.2 Å². The van der Waals surface area contributed by atoms with Gasteiger partial charge in [0.1, 0.15) is 17.7 Å². The Morgan fingerprint density at radius 2 is 1.94 bits per heavy atom. The van der Waals surface area contributed by atoms with Gasteiger partial charge in [-0.3, -0.25) is 0 Å². The molecule has 3 aromatic rings. The van der Waals surface area contributed by atoms with Crippen LogP contribution in [0.25, 0.3) is 11.1 Å². The van der Waals surface area contributed by atoms with Gasteiger partial charge in [-0.2, -0.15) is 9.97 Å². The maximum absolute atomic E-state index is 14.0. The lowest BCUT2D eigenvalue weighted by Gasteiger charge is -2.14. The Balaban J connectivity index is 1.68. The third-order valence-corrected chi connectivity index (χ3v) is 5.86. The SMILES string of the molecule is COc1ccc(COc2nc(C(C)F)nc3oc(=O)cc(CCC4CCCC4)c23)cc1. The molecule has 2 aromatic heterocycles. The molecule has 0 spiro atoms. The first-order valence-corrected chi connectivity index (χ1v) is 10.8. The predicted molar refractivity (Wildman–Crippen MR) is 115 cm³/mol. The summed E-state index contributed by atoms with van der Waals surface area (Å²) in [4.78, 5) is 20.6. The molecule has 1 aliphatic carbocycles. The number of methoxy groups -OCH3 is 1. The van der Waals surface area contributed by atoms with Crippen LogP contribution in [0, 0.1) is 5.92 Å². The molecule has 4 rings (SSSR count). The summed E-state index contributed by atoms with van der Waals surface area (Å²) in [6.45, 7) is 1.58. The average Bonchev–Trinajstić information content (AvgIpc) is 3.29. The van der Waals surface area contributed by atoms with Crippen molar-refractivity contribution in [2.24, 2.45) is 5.92 Å². The standard InChI is InChI=1S/C24H27FN2O4/c1-15(25)22-26-23(30-14-17-8-11-19(29-2)12-9-17)21-18(10-7-16-5-3-4-6-16)13-20(28)31-24(21)27-22/h8-9,11-13,15-16H,3-7,10,14H2,1-2H3. The molecule has 0 bridgehead atoms. The summed E-state index contributed by atoms with van der Waals surface area (Å²) >= 11 is 0. The molecule has 0 N–H and O–H groups in total. The Kier molecular flexibility index (Phi) is 6.49. The van der Waals surface area contributed by atoms with Gasteiger partial charge in [0.05, 0.1) is 7.11 Å². The zero-order chi connectivity index (χ0) is 21.8. The third kappa shape index (κ3) is 5.03. The normalized spacial score (nSPS) is 15.3. The Morgan fingerprint density at radius 3 is 2.61 bits per heavy atom. The van der Waals surface area contributed by atoms with E-state index >= 15 is 0 Å². The van der Waals surface area contributed by atoms with Crippen molar-refractivity contribution in [2.45, 2.75) is 58.2 Å². The van der Waals surface area contributed by atoms with Crippen molar-refractivity contribution in [3.63, 3.8) is 0 Å². The highest BCUT2D eigenvalue weighted by molar-refractivity contribution is 5.82. The Hall–Kier alpha value is -2.96. The fourth-order valence-electron chi connectivity index (χ4n) is 4.14. The number of halogens is 1. The van der Waals surface area contributed by atoms with Crippen LogP contribution in [0.5, 0.6) is 11.6 Å². The quantitative estimate of drug-likeness (QED) is 0.485. The van der Waals surface area contributed by atoms with E-state index < -0.39 is 11.8 Å². The lowest BCUT2D eigenvalue weighted by molar-refractivity contribution is 0.288. The maximum Gasteiger partial charge on any atom is 0.337 e. The van der Waals surface area contributed by atoms with Gasteiger partial charge < -0.3 is 13.9 Å². The molecule has 1 atom stereocenters. The molecule has 2 heterocycles. The maximum atomic E-state index is 14.0. The van der Waals surface area contributed by atoms with E-state index in [1.165, 1.54) is 38.7 Å². The van der Waals surface area contributed by atoms with Crippen LogP contribution in [-0.4, -0.2) is 17.1 Å². The Bertz CT molecular complexity index is 1090. The summed E-state index contributed by atoms with van der Waals surface area (Å²) in [5, 5.41) is 0.551. The number of nitrogens with zero attached hydrogens (tertiary/aromatic N) is 2. The number of aryl methyl sites for hydroxylation is 1. The largest absolute Gasteiger partial charge is 0.497 e. The van der Waals surface area contributed by atoms with Crippen molar-refractivity contribution >= 4 is 11.1 Å². The Labute approximate surface area is 180 Å². The minimum absolute atomic E-state index is 0.0617. The molecule has 0 amide bonds. The molecule has 1 saturated carbocycles. The van der Waals surface area contributed by atoms with E-state index in [2.05, 4.69) is 9.97 Å². The minimum atomic E-state index is -1.42. The summed E-state index contributed by atoms with van der Waals surface area (Å²) in [5.41, 5.74) is 1.28. The number of alkyl halides is 1. The second-order valence-electron chi connectivity index (χ2n) is 8.10. The van der Waals surface area contributed by atoms with Gasteiger partial charge in [0.25, 0.3) is 0 Å². The highest BCUT2D eigenvalue weighted by atomic mass is 19.1. The van der Waals surface area contributed by atoms with Crippen molar-refractivity contribution in [3.8, 4) is 11.6 Å². The molecule has 0 saturated heterocycles. The van der Waals surface area contributed by atoms with Gasteiger partial charge in [-0.25, -0.2) is 9.18 Å². The molecule has 164 valence electrons. The van der Waals surface area contributed by atoms with E-state index in [0.29, 0.717) is 17.7 Å². The van der Waals surface area contributed by atoms with Crippen LogP contribution in [0.15, 0.2) is 39.5 Å². The van der Waals surface area contributed by atoms with Gasteiger partial charge in [-0.15, -0.1) is 0 Å². The first kappa shape index (κ1) is 21.3. The summed E-state index contributed by atoms with van der Waals surface area (Å²) in [6.07, 6.45) is 5.25. The summed E-state index contributed by atoms with van der Waals surface area (Å²) < 4.78 is 30.5. The number of aromatic nitrogens is 2. The van der Waals surface area contributed by atoms with Crippen molar-refractivity contribution in [3.05, 3.63) is 57.7 Å². The molecule has 1 unspecified atom stereocenters. The Morgan fingerprint density at radius 1 is 1.19 bits per heavy atom. The van der Waals surface area contributed by atoms with Crippen LogP contribution in [0.2, 0.25) is 0 Å². The highest BCUT2D eigenvalue weighted by Crippen LogP contribution is 2.32. The lowest BCUT2D eigenvalue weighted by atomic mass is 9.97. The third-order valence-electron chi connectivity index (χ3n) is 5.86. The van der Waals surface area contributed by atoms with E-state index in [1.54, 1.807) is 7.11 Å². The predicted octanol–water partition coefficient (Wildman–Crippen LogP) is 5.32. The number of ether oxygens (including phenoxy) is 2. The monoisotopic (exact) mass is 426 g/mol. The van der Waals surface area contributed by atoms with Crippen molar-refractivity contribution in [2.75, 3.05) is 7.11 Å². The van der Waals surface area contributed by atoms with Gasteiger partial charge in [0, 0.05) is 6.07 Å². The molecule has 7 heteroatoms. The van der Waals surface area contributed by atoms with Gasteiger partial charge in [0.2, 0.25) is 11.6 Å². The number of rotatable bonds is 8. The topological polar surface area (TPSA) is 74.5 Å². The second-order valence-corrected chi connectivity index (χ2v) is 8.10. The molecule has 6 nitrogen and oxygen atoms in total. The summed E-state index contributed by atoms with van der Waals surface area (Å²) in [6, 6.07) is 8.96. The molecule has 0 aliphatic heterocycles. The van der Waals surface area contributed by atoms with Gasteiger partial charge in [-0.05, 0) is 48.9 Å². The molecule has 1 aliphatic rings. The van der Waals surface area contributed by atoms with E-state index in [0.717, 1.165) is 23.3 Å². The summed E-state index contributed by atoms with van der Waals surface area (Å²) in [5.74, 6) is 1.59. The van der Waals surface area contributed by atoms with Crippen LogP contribution in [0.3, 0.4) is 0 Å². The van der Waals surface area contributed by atoms with Crippen molar-refractivity contribution < 1.29 is 18.3 Å². The second kappa shape index (κ2) is 9.45. The van der Waals surface area contributed by atoms with Crippen LogP contribution < -0.4 is 15.1 Å². The number of hydrogen-bond acceptors (Lipinski definition) is 6. The molecule has 1 fully saturated rings. The number of hydrogen-bond donors (Lipinski definition) is 0. The van der Waals surface area contributed by atoms with Gasteiger partial charge in [0.15, 0.2) is 12.0 Å². The smallest absolute Gasteiger partial charge is 0.337 e. The molecular formula is C24H27FN2O4. The molecule has 0 radical (unpaired) electrons. The first-order valence-electron chi connectivity index (χ1n) is 10.8. The van der Waals surface area contributed by atoms with Crippen molar-refractivity contribution in [1.82, 2.24) is 9.97 Å². The molecular weight excluding hydrogens is 399 g/mol. The van der Waals surface area contributed by atoms with Gasteiger partial charge >= 0.3 is 5.63 Å². The number of benzene rings is 1. The van der Waals surface area contributed by atoms with E-state index in [1.807, 2.05) is 24.3 Å². The molecule has 1 aromatic carbocycles. The summed E-state index contributed by atoms with van der Waals surface area (Å²) in [7, 11) is 1.61. The van der Waals surface area contributed by atoms with Gasteiger partial charge in [-0.1, -0.05) is 37.8 Å². The fourth-order valence-corrected chi connectivity index (χ4v) is 4.14. The fraction of sp³-hybridized carbons (Fsp3) is 0.458. The first-order chi connectivity index (χ1) is 15.0. The average molecular weight is 426 g/mol. The van der Waals surface area contributed by atoms with E-state index in [-0.39, 0.29) is 24.0 Å². The van der Waals surface area contributed by atoms with E-state index in [4.69, 9.17) is 13.9 Å². The number of fused-ring (bicyclic) bond motifs is 1. The van der Waals surface area contributed by atoms with Crippen molar-refractivity contribution in [1.29, 1.82) is 0 Å². The molecule has 31 heavy (non-hydrogen) atoms. The van der Waals surface area contributed by atoms with Crippen LogP contribution in [0.4, 0.5) is 4.39 Å². The zero-order valence-corrected chi connectivity index (χ0v) is 17.9. The lowest BCUT2D eigenvalue weighted by Crippen LogP contribution is -2.09. The minimum Gasteiger partial charge on any atom is -0.497 e. The zero-order valence-electron chi connectivity index (χ0n) is 17.9. The van der Waals surface area contributed by atoms with E-state index in [9.17, 15) is 9.18 Å². The van der Waals surface area contributed by atoms with Crippen LogP contribution >= 0.6 is 0 Å².